The minimum absolute atomic E-state index is 0.131. The van der Waals surface area contributed by atoms with E-state index in [9.17, 15) is 13.2 Å². The van der Waals surface area contributed by atoms with Gasteiger partial charge in [-0.1, -0.05) is 25.1 Å². The van der Waals surface area contributed by atoms with Crippen LogP contribution in [0.3, 0.4) is 0 Å². The van der Waals surface area contributed by atoms with Crippen LogP contribution in [-0.2, 0) is 14.6 Å². The molecule has 1 amide bonds. The van der Waals surface area contributed by atoms with Crippen molar-refractivity contribution in [2.45, 2.75) is 36.1 Å². The Morgan fingerprint density at radius 2 is 1.74 bits per heavy atom. The summed E-state index contributed by atoms with van der Waals surface area (Å²) in [6.07, 6.45) is 0.507. The van der Waals surface area contributed by atoms with Crippen LogP contribution < -0.4 is 11.1 Å². The molecule has 5 nitrogen and oxygen atoms in total. The summed E-state index contributed by atoms with van der Waals surface area (Å²) in [5, 5.41) is 2.64. The van der Waals surface area contributed by atoms with Crippen LogP contribution >= 0.6 is 0 Å². The number of aryl methyl sites for hydroxylation is 1. The van der Waals surface area contributed by atoms with Gasteiger partial charge in [0.25, 0.3) is 0 Å². The van der Waals surface area contributed by atoms with Crippen LogP contribution in [0.25, 0.3) is 0 Å². The second-order valence-corrected chi connectivity index (χ2v) is 7.30. The molecular weight excluding hydrogens is 312 g/mol. The number of anilines is 1. The van der Waals surface area contributed by atoms with Gasteiger partial charge in [0.15, 0.2) is 0 Å². The van der Waals surface area contributed by atoms with Crippen LogP contribution in [0, 0.1) is 6.92 Å². The van der Waals surface area contributed by atoms with Gasteiger partial charge in [-0.2, -0.15) is 0 Å². The van der Waals surface area contributed by atoms with Gasteiger partial charge in [0.05, 0.1) is 15.8 Å². The molecule has 0 aliphatic rings. The molecule has 0 aliphatic heterocycles. The Balaban J connectivity index is 2.34. The molecule has 2 aromatic carbocycles. The molecule has 0 spiro atoms. The van der Waals surface area contributed by atoms with E-state index >= 15 is 0 Å². The maximum atomic E-state index is 12.7. The van der Waals surface area contributed by atoms with E-state index in [4.69, 9.17) is 5.73 Å². The monoisotopic (exact) mass is 332 g/mol. The van der Waals surface area contributed by atoms with Crippen molar-refractivity contribution in [3.05, 3.63) is 54.1 Å². The Hall–Kier alpha value is -2.18. The van der Waals surface area contributed by atoms with E-state index in [1.54, 1.807) is 30.3 Å². The summed E-state index contributed by atoms with van der Waals surface area (Å²) < 4.78 is 25.4. The number of carbonyl (C=O) groups excluding carboxylic acids is 1. The highest BCUT2D eigenvalue weighted by atomic mass is 32.2. The Bertz CT molecular complexity index is 816. The third-order valence-electron chi connectivity index (χ3n) is 3.49. The number of sulfone groups is 1. The summed E-state index contributed by atoms with van der Waals surface area (Å²) in [6.45, 7) is 3.64. The van der Waals surface area contributed by atoms with Gasteiger partial charge in [-0.05, 0) is 49.2 Å². The lowest BCUT2D eigenvalue weighted by Gasteiger charge is -2.11. The molecule has 122 valence electrons. The molecule has 3 N–H and O–H groups in total. The van der Waals surface area contributed by atoms with Gasteiger partial charge < -0.3 is 11.1 Å². The van der Waals surface area contributed by atoms with Gasteiger partial charge in [-0.15, -0.1) is 0 Å². The molecular formula is C17H20N2O3S. The molecule has 0 aromatic heterocycles. The topological polar surface area (TPSA) is 89.3 Å². The van der Waals surface area contributed by atoms with E-state index in [1.165, 1.54) is 12.1 Å². The standard InChI is InChI=1S/C17H20N2O3S/c1-3-16(18)17(20)19-13-7-5-9-15(11-13)23(21,22)14-8-4-6-12(2)10-14/h4-11,16H,3,18H2,1-2H3,(H,19,20). The Labute approximate surface area is 136 Å². The average Bonchev–Trinajstić information content (AvgIpc) is 2.54. The third-order valence-corrected chi connectivity index (χ3v) is 5.24. The molecule has 0 saturated heterocycles. The molecule has 0 radical (unpaired) electrons. The SMILES string of the molecule is CCC(N)C(=O)Nc1cccc(S(=O)(=O)c2cccc(C)c2)c1. The van der Waals surface area contributed by atoms with Crippen molar-refractivity contribution in [1.29, 1.82) is 0 Å². The van der Waals surface area contributed by atoms with Crippen LogP contribution in [0.1, 0.15) is 18.9 Å². The zero-order chi connectivity index (χ0) is 17.0. The van der Waals surface area contributed by atoms with E-state index < -0.39 is 15.9 Å². The number of hydrogen-bond donors (Lipinski definition) is 2. The number of hydrogen-bond acceptors (Lipinski definition) is 4. The van der Waals surface area contributed by atoms with Crippen LogP contribution in [0.5, 0.6) is 0 Å². The van der Waals surface area contributed by atoms with E-state index in [1.807, 2.05) is 19.9 Å². The van der Waals surface area contributed by atoms with Crippen molar-refractivity contribution in [3.63, 3.8) is 0 Å². The first-order chi connectivity index (χ1) is 10.8. The average molecular weight is 332 g/mol. The minimum Gasteiger partial charge on any atom is -0.325 e. The summed E-state index contributed by atoms with van der Waals surface area (Å²) in [6, 6.07) is 12.3. The van der Waals surface area contributed by atoms with Gasteiger partial charge >= 0.3 is 0 Å². The fourth-order valence-corrected chi connectivity index (χ4v) is 3.49. The van der Waals surface area contributed by atoms with Gasteiger partial charge in [0.1, 0.15) is 0 Å². The molecule has 2 rings (SSSR count). The molecule has 23 heavy (non-hydrogen) atoms. The van der Waals surface area contributed by atoms with Gasteiger partial charge in [-0.3, -0.25) is 4.79 Å². The Kier molecular flexibility index (Phi) is 5.18. The molecule has 6 heteroatoms. The smallest absolute Gasteiger partial charge is 0.241 e. The van der Waals surface area contributed by atoms with Crippen molar-refractivity contribution in [3.8, 4) is 0 Å². The Morgan fingerprint density at radius 3 is 2.35 bits per heavy atom. The van der Waals surface area contributed by atoms with Gasteiger partial charge in [-0.25, -0.2) is 8.42 Å². The molecule has 1 atom stereocenters. The number of nitrogens with one attached hydrogen (secondary N) is 1. The fourth-order valence-electron chi connectivity index (χ4n) is 2.08. The number of nitrogens with two attached hydrogens (primary N) is 1. The highest BCUT2D eigenvalue weighted by Gasteiger charge is 2.19. The molecule has 0 fully saturated rings. The molecule has 0 heterocycles. The third kappa shape index (κ3) is 3.97. The maximum Gasteiger partial charge on any atom is 0.241 e. The van der Waals surface area contributed by atoms with Crippen molar-refractivity contribution < 1.29 is 13.2 Å². The minimum atomic E-state index is -3.63. The van der Waals surface area contributed by atoms with Crippen LogP contribution in [0.2, 0.25) is 0 Å². The number of amides is 1. The van der Waals surface area contributed by atoms with Crippen LogP contribution in [0.4, 0.5) is 5.69 Å². The van der Waals surface area contributed by atoms with Crippen molar-refractivity contribution in [2.75, 3.05) is 5.32 Å². The van der Waals surface area contributed by atoms with E-state index in [2.05, 4.69) is 5.32 Å². The second-order valence-electron chi connectivity index (χ2n) is 5.35. The van der Waals surface area contributed by atoms with Crippen molar-refractivity contribution in [1.82, 2.24) is 0 Å². The first-order valence-corrected chi connectivity index (χ1v) is 8.81. The Morgan fingerprint density at radius 1 is 1.13 bits per heavy atom. The van der Waals surface area contributed by atoms with Crippen molar-refractivity contribution >= 4 is 21.4 Å². The predicted octanol–water partition coefficient (Wildman–Crippen LogP) is 2.50. The first-order valence-electron chi connectivity index (χ1n) is 7.33. The number of benzene rings is 2. The largest absolute Gasteiger partial charge is 0.325 e. The van der Waals surface area contributed by atoms with E-state index in [0.717, 1.165) is 5.56 Å². The number of rotatable bonds is 5. The maximum absolute atomic E-state index is 12.7. The highest BCUT2D eigenvalue weighted by molar-refractivity contribution is 7.91. The summed E-state index contributed by atoms with van der Waals surface area (Å²) in [4.78, 5) is 12.2. The molecule has 0 saturated carbocycles. The van der Waals surface area contributed by atoms with Crippen LogP contribution in [-0.4, -0.2) is 20.4 Å². The summed E-state index contributed by atoms with van der Waals surface area (Å²) in [7, 11) is -3.63. The molecule has 0 bridgehead atoms. The quantitative estimate of drug-likeness (QED) is 0.880. The van der Waals surface area contributed by atoms with Crippen LogP contribution in [0.15, 0.2) is 58.3 Å². The first kappa shape index (κ1) is 17.2. The zero-order valence-corrected chi connectivity index (χ0v) is 13.9. The zero-order valence-electron chi connectivity index (χ0n) is 13.1. The second kappa shape index (κ2) is 6.93. The molecule has 2 aromatic rings. The van der Waals surface area contributed by atoms with E-state index in [-0.39, 0.29) is 15.7 Å². The summed E-state index contributed by atoms with van der Waals surface area (Å²) in [5.74, 6) is -0.336. The fraction of sp³-hybridized carbons (Fsp3) is 0.235. The molecule has 0 aliphatic carbocycles. The predicted molar refractivity (Wildman–Crippen MR) is 90.0 cm³/mol. The lowest BCUT2D eigenvalue weighted by molar-refractivity contribution is -0.117. The van der Waals surface area contributed by atoms with Gasteiger partial charge in [0.2, 0.25) is 15.7 Å². The number of carbonyl (C=O) groups is 1. The highest BCUT2D eigenvalue weighted by Crippen LogP contribution is 2.24. The normalized spacial score (nSPS) is 12.7. The van der Waals surface area contributed by atoms with E-state index in [0.29, 0.717) is 12.1 Å². The lowest BCUT2D eigenvalue weighted by Crippen LogP contribution is -2.34. The summed E-state index contributed by atoms with van der Waals surface area (Å²) in [5.41, 5.74) is 6.94. The molecule has 1 unspecified atom stereocenters. The lowest BCUT2D eigenvalue weighted by atomic mass is 10.2. The van der Waals surface area contributed by atoms with Gasteiger partial charge in [0, 0.05) is 5.69 Å². The van der Waals surface area contributed by atoms with Crippen molar-refractivity contribution in [2.24, 2.45) is 5.73 Å². The summed E-state index contributed by atoms with van der Waals surface area (Å²) >= 11 is 0.